The predicted octanol–water partition coefficient (Wildman–Crippen LogP) is 3.85. The minimum absolute atomic E-state index is 0.0112. The van der Waals surface area contributed by atoms with Crippen LogP contribution in [0.5, 0.6) is 0 Å². The summed E-state index contributed by atoms with van der Waals surface area (Å²) in [6, 6.07) is 14.5. The largest absolute Gasteiger partial charge is 0.312 e. The Morgan fingerprint density at radius 3 is 2.42 bits per heavy atom. The van der Waals surface area contributed by atoms with Crippen LogP contribution >= 0.6 is 0 Å². The van der Waals surface area contributed by atoms with Crippen molar-refractivity contribution in [2.75, 3.05) is 24.2 Å². The molecule has 33 heavy (non-hydrogen) atoms. The van der Waals surface area contributed by atoms with Crippen LogP contribution in [0.2, 0.25) is 0 Å². The van der Waals surface area contributed by atoms with Crippen molar-refractivity contribution in [3.63, 3.8) is 0 Å². The summed E-state index contributed by atoms with van der Waals surface area (Å²) in [5.41, 5.74) is 5.76. The first-order valence-electron chi connectivity index (χ1n) is 11.8. The van der Waals surface area contributed by atoms with Gasteiger partial charge in [-0.05, 0) is 61.4 Å². The summed E-state index contributed by atoms with van der Waals surface area (Å²) in [5.74, 6) is -0.0112. The number of carbonyl (C=O) groups is 1. The fraction of sp³-hybridized carbons (Fsp3) is 0.500. The lowest BCUT2D eigenvalue weighted by molar-refractivity contribution is -0.116. The second-order valence-corrected chi connectivity index (χ2v) is 11.5. The molecule has 6 nitrogen and oxygen atoms in total. The van der Waals surface area contributed by atoms with Gasteiger partial charge in [-0.1, -0.05) is 36.4 Å². The summed E-state index contributed by atoms with van der Waals surface area (Å²) in [4.78, 5) is 16.8. The summed E-state index contributed by atoms with van der Waals surface area (Å²) in [7, 11) is -3.35. The molecule has 0 aromatic heterocycles. The number of fused-ring (bicyclic) bond motifs is 3. The first-order chi connectivity index (χ1) is 15.6. The molecule has 2 aliphatic rings. The van der Waals surface area contributed by atoms with Crippen molar-refractivity contribution in [1.82, 2.24) is 9.21 Å². The quantitative estimate of drug-likeness (QED) is 0.685. The molecule has 1 fully saturated rings. The highest BCUT2D eigenvalue weighted by atomic mass is 32.2. The predicted molar refractivity (Wildman–Crippen MR) is 133 cm³/mol. The Balaban J connectivity index is 1.75. The van der Waals surface area contributed by atoms with Gasteiger partial charge in [-0.3, -0.25) is 9.69 Å². The van der Waals surface area contributed by atoms with E-state index in [4.69, 9.17) is 0 Å². The molecule has 2 aromatic rings. The SMILES string of the molecule is CC(=O)N1CC[C@H]2CC[C@@H](CN(Cc3ccc(C)c(C)c3)Cc3ccccc31)N2S(C)(=O)=O. The second-order valence-electron chi connectivity index (χ2n) is 9.65. The topological polar surface area (TPSA) is 60.9 Å². The minimum Gasteiger partial charge on any atom is -0.312 e. The first kappa shape index (κ1) is 23.9. The molecule has 0 saturated carbocycles. The van der Waals surface area contributed by atoms with E-state index in [1.807, 2.05) is 23.1 Å². The normalized spacial score (nSPS) is 22.6. The van der Waals surface area contributed by atoms with E-state index in [9.17, 15) is 13.2 Å². The molecule has 178 valence electrons. The number of anilines is 1. The zero-order valence-electron chi connectivity index (χ0n) is 20.1. The van der Waals surface area contributed by atoms with Gasteiger partial charge >= 0.3 is 0 Å². The molecule has 0 radical (unpaired) electrons. The summed E-state index contributed by atoms with van der Waals surface area (Å²) >= 11 is 0. The number of aryl methyl sites for hydroxylation is 2. The molecule has 1 saturated heterocycles. The summed E-state index contributed by atoms with van der Waals surface area (Å²) in [6.07, 6.45) is 3.66. The van der Waals surface area contributed by atoms with E-state index in [-0.39, 0.29) is 18.0 Å². The van der Waals surface area contributed by atoms with Crippen molar-refractivity contribution in [1.29, 1.82) is 0 Å². The third-order valence-corrected chi connectivity index (χ3v) is 8.49. The number of para-hydroxylation sites is 1. The van der Waals surface area contributed by atoms with Crippen molar-refractivity contribution >= 4 is 21.6 Å². The Morgan fingerprint density at radius 1 is 1.00 bits per heavy atom. The Kier molecular flexibility index (Phi) is 6.93. The molecule has 4 rings (SSSR count). The fourth-order valence-electron chi connectivity index (χ4n) is 5.44. The molecule has 0 N–H and O–H groups in total. The number of hydrogen-bond donors (Lipinski definition) is 0. The lowest BCUT2D eigenvalue weighted by Crippen LogP contribution is -2.46. The van der Waals surface area contributed by atoms with Gasteiger partial charge in [-0.15, -0.1) is 0 Å². The molecule has 0 unspecified atom stereocenters. The van der Waals surface area contributed by atoms with Crippen molar-refractivity contribution in [2.45, 2.75) is 65.2 Å². The molecule has 2 atom stereocenters. The molecule has 2 aromatic carbocycles. The fourth-order valence-corrected chi connectivity index (χ4v) is 6.91. The standard InChI is InChI=1S/C26H35N3O3S/c1-19-9-10-22(15-20(19)2)16-27-17-23-7-5-6-8-26(23)28(21(3)30)14-13-24-11-12-25(18-27)29(24)33(4,31)32/h5-10,15,24-25H,11-14,16-18H2,1-4H3/t24-,25+/m1/s1. The maximum absolute atomic E-state index is 12.8. The van der Waals surface area contributed by atoms with Gasteiger partial charge in [-0.25, -0.2) is 8.42 Å². The Morgan fingerprint density at radius 2 is 1.73 bits per heavy atom. The van der Waals surface area contributed by atoms with E-state index >= 15 is 0 Å². The highest BCUT2D eigenvalue weighted by Crippen LogP contribution is 2.33. The van der Waals surface area contributed by atoms with Gasteiger partial charge in [0.2, 0.25) is 15.9 Å². The molecule has 7 heteroatoms. The van der Waals surface area contributed by atoms with Crippen molar-refractivity contribution in [3.8, 4) is 0 Å². The lowest BCUT2D eigenvalue weighted by atomic mass is 10.0. The van der Waals surface area contributed by atoms with Crippen LogP contribution in [0.25, 0.3) is 0 Å². The van der Waals surface area contributed by atoms with Gasteiger partial charge in [0.15, 0.2) is 0 Å². The number of sulfonamides is 1. The van der Waals surface area contributed by atoms with Crippen molar-refractivity contribution < 1.29 is 13.2 Å². The summed E-state index contributed by atoms with van der Waals surface area (Å²) < 4.78 is 27.3. The van der Waals surface area contributed by atoms with Crippen molar-refractivity contribution in [2.24, 2.45) is 0 Å². The van der Waals surface area contributed by atoms with E-state index in [1.165, 1.54) is 22.9 Å². The van der Waals surface area contributed by atoms with E-state index < -0.39 is 10.0 Å². The Labute approximate surface area is 198 Å². The van der Waals surface area contributed by atoms with Crippen LogP contribution in [0.4, 0.5) is 5.69 Å². The van der Waals surface area contributed by atoms with Gasteiger partial charge in [-0.2, -0.15) is 4.31 Å². The third kappa shape index (κ3) is 5.31. The average Bonchev–Trinajstić information content (AvgIpc) is 3.13. The number of rotatable bonds is 3. The van der Waals surface area contributed by atoms with Gasteiger partial charge in [0, 0.05) is 50.9 Å². The molecule has 0 spiro atoms. The highest BCUT2D eigenvalue weighted by molar-refractivity contribution is 7.88. The van der Waals surface area contributed by atoms with Crippen LogP contribution in [-0.4, -0.2) is 55.0 Å². The number of amides is 1. The second kappa shape index (κ2) is 9.57. The molecule has 2 bridgehead atoms. The maximum Gasteiger partial charge on any atom is 0.223 e. The van der Waals surface area contributed by atoms with Crippen molar-refractivity contribution in [3.05, 3.63) is 64.7 Å². The third-order valence-electron chi connectivity index (χ3n) is 7.12. The monoisotopic (exact) mass is 469 g/mol. The van der Waals surface area contributed by atoms with E-state index in [0.29, 0.717) is 26.1 Å². The number of hydrogen-bond acceptors (Lipinski definition) is 4. The van der Waals surface area contributed by atoms with Gasteiger partial charge in [0.1, 0.15) is 0 Å². The van der Waals surface area contributed by atoms with E-state index in [1.54, 1.807) is 11.2 Å². The number of carbonyl (C=O) groups excluding carboxylic acids is 1. The van der Waals surface area contributed by atoms with Crippen LogP contribution in [0.1, 0.15) is 48.4 Å². The molecule has 2 aliphatic heterocycles. The molecular weight excluding hydrogens is 434 g/mol. The van der Waals surface area contributed by atoms with Crippen LogP contribution in [0.3, 0.4) is 0 Å². The van der Waals surface area contributed by atoms with Crippen LogP contribution in [0.15, 0.2) is 42.5 Å². The van der Waals surface area contributed by atoms with Crippen LogP contribution < -0.4 is 4.90 Å². The minimum atomic E-state index is -3.35. The first-order valence-corrected chi connectivity index (χ1v) is 13.6. The van der Waals surface area contributed by atoms with Gasteiger partial charge < -0.3 is 4.90 Å². The summed E-state index contributed by atoms with van der Waals surface area (Å²) in [5, 5.41) is 0. The van der Waals surface area contributed by atoms with Gasteiger partial charge in [0.25, 0.3) is 0 Å². The molecule has 0 aliphatic carbocycles. The Hall–Kier alpha value is -2.22. The smallest absolute Gasteiger partial charge is 0.223 e. The van der Waals surface area contributed by atoms with E-state index in [0.717, 1.165) is 30.6 Å². The number of benzene rings is 2. The highest BCUT2D eigenvalue weighted by Gasteiger charge is 2.40. The zero-order valence-corrected chi connectivity index (χ0v) is 20.9. The zero-order chi connectivity index (χ0) is 23.8. The summed E-state index contributed by atoms with van der Waals surface area (Å²) in [6.45, 7) is 8.41. The average molecular weight is 470 g/mol. The van der Waals surface area contributed by atoms with Crippen LogP contribution in [-0.2, 0) is 27.9 Å². The number of nitrogens with zero attached hydrogens (tertiary/aromatic N) is 3. The molecular formula is C26H35N3O3S. The molecule has 1 amide bonds. The van der Waals surface area contributed by atoms with Gasteiger partial charge in [0.05, 0.1) is 6.26 Å². The Bertz CT molecular complexity index is 1130. The lowest BCUT2D eigenvalue weighted by Gasteiger charge is -2.32. The molecule has 2 heterocycles. The van der Waals surface area contributed by atoms with Crippen LogP contribution in [0, 0.1) is 13.8 Å². The maximum atomic E-state index is 12.8. The van der Waals surface area contributed by atoms with E-state index in [2.05, 4.69) is 43.0 Å².